The number of benzene rings is 1. The number of amides is 1. The van der Waals surface area contributed by atoms with Crippen molar-refractivity contribution in [1.29, 1.82) is 0 Å². The van der Waals surface area contributed by atoms with Crippen LogP contribution in [0.15, 0.2) is 35.2 Å². The van der Waals surface area contributed by atoms with E-state index in [1.165, 1.54) is 0 Å². The van der Waals surface area contributed by atoms with E-state index in [1.54, 1.807) is 11.8 Å². The Kier molecular flexibility index (Phi) is 3.64. The molecule has 1 N–H and O–H groups in total. The van der Waals surface area contributed by atoms with Crippen LogP contribution in [-0.2, 0) is 9.53 Å². The van der Waals surface area contributed by atoms with Crippen LogP contribution in [0.25, 0.3) is 0 Å². The summed E-state index contributed by atoms with van der Waals surface area (Å²) < 4.78 is 4.98. The Morgan fingerprint density at radius 3 is 2.73 bits per heavy atom. The predicted octanol–water partition coefficient (Wildman–Crippen LogP) is 1.29. The van der Waals surface area contributed by atoms with Gasteiger partial charge in [-0.3, -0.25) is 4.79 Å². The minimum atomic E-state index is 0.0807. The van der Waals surface area contributed by atoms with Crippen LogP contribution in [-0.4, -0.2) is 30.9 Å². The van der Waals surface area contributed by atoms with Gasteiger partial charge in [0.2, 0.25) is 5.91 Å². The van der Waals surface area contributed by atoms with Crippen LogP contribution < -0.4 is 5.32 Å². The molecule has 1 heterocycles. The first-order valence-corrected chi connectivity index (χ1v) is 5.88. The van der Waals surface area contributed by atoms with Crippen molar-refractivity contribution in [2.24, 2.45) is 0 Å². The fraction of sp³-hybridized carbons (Fsp3) is 0.364. The molecule has 0 spiro atoms. The highest BCUT2D eigenvalue weighted by atomic mass is 32.2. The molecular weight excluding hydrogens is 210 g/mol. The predicted molar refractivity (Wildman–Crippen MR) is 59.9 cm³/mol. The molecule has 3 nitrogen and oxygen atoms in total. The third-order valence-electron chi connectivity index (χ3n) is 2.12. The number of hydrogen-bond donors (Lipinski definition) is 1. The molecule has 0 bridgehead atoms. The highest BCUT2D eigenvalue weighted by Gasteiger charge is 2.19. The lowest BCUT2D eigenvalue weighted by molar-refractivity contribution is -0.122. The van der Waals surface area contributed by atoms with Gasteiger partial charge < -0.3 is 10.1 Å². The normalized spacial score (nSPS) is 15.7. The summed E-state index contributed by atoms with van der Waals surface area (Å²) in [5, 5.41) is 2.90. The third kappa shape index (κ3) is 3.25. The van der Waals surface area contributed by atoms with Crippen molar-refractivity contribution in [2.75, 3.05) is 19.0 Å². The van der Waals surface area contributed by atoms with Gasteiger partial charge in [-0.1, -0.05) is 18.2 Å². The lowest BCUT2D eigenvalue weighted by atomic mass is 10.2. The molecule has 0 aromatic heterocycles. The molecule has 2 rings (SSSR count). The van der Waals surface area contributed by atoms with Gasteiger partial charge >= 0.3 is 0 Å². The number of nitrogens with one attached hydrogen (secondary N) is 1. The molecule has 1 fully saturated rings. The van der Waals surface area contributed by atoms with Gasteiger partial charge in [0.05, 0.1) is 25.0 Å². The Labute approximate surface area is 93.2 Å². The van der Waals surface area contributed by atoms with E-state index in [-0.39, 0.29) is 11.9 Å². The Bertz CT molecular complexity index is 325. The quantitative estimate of drug-likeness (QED) is 0.782. The molecule has 1 amide bonds. The van der Waals surface area contributed by atoms with Gasteiger partial charge in [0.15, 0.2) is 0 Å². The number of carbonyl (C=O) groups excluding carboxylic acids is 1. The van der Waals surface area contributed by atoms with Crippen molar-refractivity contribution in [3.05, 3.63) is 30.3 Å². The third-order valence-corrected chi connectivity index (χ3v) is 3.13. The maximum absolute atomic E-state index is 11.4. The van der Waals surface area contributed by atoms with Gasteiger partial charge in [-0.25, -0.2) is 0 Å². The number of rotatable bonds is 4. The van der Waals surface area contributed by atoms with Crippen LogP contribution in [0.5, 0.6) is 0 Å². The number of hydrogen-bond acceptors (Lipinski definition) is 3. The summed E-state index contributed by atoms with van der Waals surface area (Å²) in [6.07, 6.45) is 0. The monoisotopic (exact) mass is 223 g/mol. The summed E-state index contributed by atoms with van der Waals surface area (Å²) in [5.41, 5.74) is 0. The second kappa shape index (κ2) is 5.19. The summed E-state index contributed by atoms with van der Waals surface area (Å²) in [7, 11) is 0. The summed E-state index contributed by atoms with van der Waals surface area (Å²) in [6.45, 7) is 1.31. The summed E-state index contributed by atoms with van der Waals surface area (Å²) in [6, 6.07) is 10.2. The van der Waals surface area contributed by atoms with Crippen LogP contribution in [0.1, 0.15) is 0 Å². The molecule has 1 aromatic rings. The van der Waals surface area contributed by atoms with E-state index >= 15 is 0 Å². The molecule has 1 saturated heterocycles. The van der Waals surface area contributed by atoms with Crippen LogP contribution in [0.3, 0.4) is 0 Å². The molecule has 0 aliphatic carbocycles. The summed E-state index contributed by atoms with van der Waals surface area (Å²) >= 11 is 1.55. The van der Waals surface area contributed by atoms with E-state index in [0.717, 1.165) is 4.90 Å². The van der Waals surface area contributed by atoms with Gasteiger partial charge in [0.25, 0.3) is 0 Å². The SMILES string of the molecule is O=C(CSc1ccccc1)NC1COC1. The molecule has 0 atom stereocenters. The number of thioether (sulfide) groups is 1. The highest BCUT2D eigenvalue weighted by molar-refractivity contribution is 8.00. The standard InChI is InChI=1S/C11H13NO2S/c13-11(12-9-6-14-7-9)8-15-10-4-2-1-3-5-10/h1-5,9H,6-8H2,(H,12,13). The second-order valence-corrected chi connectivity index (χ2v) is 4.45. The van der Waals surface area contributed by atoms with E-state index in [4.69, 9.17) is 4.74 Å². The first-order valence-electron chi connectivity index (χ1n) is 4.89. The van der Waals surface area contributed by atoms with Crippen molar-refractivity contribution in [2.45, 2.75) is 10.9 Å². The van der Waals surface area contributed by atoms with Gasteiger partial charge in [0, 0.05) is 4.90 Å². The van der Waals surface area contributed by atoms with Gasteiger partial charge in [-0.2, -0.15) is 0 Å². The second-order valence-electron chi connectivity index (χ2n) is 3.40. The molecule has 0 radical (unpaired) electrons. The number of ether oxygens (including phenoxy) is 1. The molecular formula is C11H13NO2S. The largest absolute Gasteiger partial charge is 0.377 e. The molecule has 0 saturated carbocycles. The van der Waals surface area contributed by atoms with Crippen molar-refractivity contribution in [3.8, 4) is 0 Å². The van der Waals surface area contributed by atoms with E-state index in [9.17, 15) is 4.79 Å². The Morgan fingerprint density at radius 1 is 1.40 bits per heavy atom. The highest BCUT2D eigenvalue weighted by Crippen LogP contribution is 2.16. The van der Waals surface area contributed by atoms with Gasteiger partial charge in [-0.15, -0.1) is 11.8 Å². The lowest BCUT2D eigenvalue weighted by Crippen LogP contribution is -2.49. The van der Waals surface area contributed by atoms with Crippen LogP contribution >= 0.6 is 11.8 Å². The first kappa shape index (κ1) is 10.5. The molecule has 1 aliphatic heterocycles. The Hall–Kier alpha value is -1.00. The van der Waals surface area contributed by atoms with Crippen molar-refractivity contribution < 1.29 is 9.53 Å². The smallest absolute Gasteiger partial charge is 0.230 e. The van der Waals surface area contributed by atoms with E-state index in [1.807, 2.05) is 30.3 Å². The van der Waals surface area contributed by atoms with E-state index in [0.29, 0.717) is 19.0 Å². The van der Waals surface area contributed by atoms with Crippen LogP contribution in [0.2, 0.25) is 0 Å². The Morgan fingerprint density at radius 2 is 2.13 bits per heavy atom. The zero-order valence-corrected chi connectivity index (χ0v) is 9.13. The maximum atomic E-state index is 11.4. The van der Waals surface area contributed by atoms with E-state index in [2.05, 4.69) is 5.32 Å². The van der Waals surface area contributed by atoms with Gasteiger partial charge in [-0.05, 0) is 12.1 Å². The van der Waals surface area contributed by atoms with Crippen molar-refractivity contribution in [1.82, 2.24) is 5.32 Å². The molecule has 1 aliphatic rings. The van der Waals surface area contributed by atoms with Crippen molar-refractivity contribution >= 4 is 17.7 Å². The lowest BCUT2D eigenvalue weighted by Gasteiger charge is -2.26. The average molecular weight is 223 g/mol. The molecule has 1 aromatic carbocycles. The van der Waals surface area contributed by atoms with Gasteiger partial charge in [0.1, 0.15) is 0 Å². The van der Waals surface area contributed by atoms with Crippen LogP contribution in [0, 0.1) is 0 Å². The van der Waals surface area contributed by atoms with Crippen molar-refractivity contribution in [3.63, 3.8) is 0 Å². The zero-order valence-electron chi connectivity index (χ0n) is 8.31. The molecule has 4 heteroatoms. The minimum absolute atomic E-state index is 0.0807. The average Bonchev–Trinajstić information content (AvgIpc) is 2.22. The first-order chi connectivity index (χ1) is 7.34. The molecule has 0 unspecified atom stereocenters. The van der Waals surface area contributed by atoms with Crippen LogP contribution in [0.4, 0.5) is 0 Å². The number of carbonyl (C=O) groups is 1. The Balaban J connectivity index is 1.71. The van der Waals surface area contributed by atoms with E-state index < -0.39 is 0 Å². The fourth-order valence-electron chi connectivity index (χ4n) is 1.25. The topological polar surface area (TPSA) is 38.3 Å². The fourth-order valence-corrected chi connectivity index (χ4v) is 1.98. The maximum Gasteiger partial charge on any atom is 0.230 e. The summed E-state index contributed by atoms with van der Waals surface area (Å²) in [4.78, 5) is 12.6. The zero-order chi connectivity index (χ0) is 10.5. The minimum Gasteiger partial charge on any atom is -0.377 e. The summed E-state index contributed by atoms with van der Waals surface area (Å²) in [5.74, 6) is 0.553. The molecule has 80 valence electrons. The molecule has 15 heavy (non-hydrogen) atoms.